The third kappa shape index (κ3) is 4.69. The molecule has 0 heterocycles. The summed E-state index contributed by atoms with van der Waals surface area (Å²) < 4.78 is 20.4. The average Bonchev–Trinajstić information content (AvgIpc) is 2.78. The number of halogens is 1. The lowest BCUT2D eigenvalue weighted by Gasteiger charge is -2.16. The van der Waals surface area contributed by atoms with Crippen LogP contribution in [-0.4, -0.2) is 24.3 Å². The number of nitriles is 2. The summed E-state index contributed by atoms with van der Waals surface area (Å²) in [5.74, 6) is -0.672. The molecule has 4 N–H and O–H groups in total. The van der Waals surface area contributed by atoms with Gasteiger partial charge in [0.15, 0.2) is 23.7 Å². The predicted octanol–water partition coefficient (Wildman–Crippen LogP) is 3.88. The van der Waals surface area contributed by atoms with E-state index in [1.54, 1.807) is 36.4 Å². The molecule has 2 aromatic carbocycles. The second-order valence-corrected chi connectivity index (χ2v) is 6.07. The Labute approximate surface area is 176 Å². The van der Waals surface area contributed by atoms with Gasteiger partial charge < -0.3 is 25.3 Å². The molecule has 10 heteroatoms. The van der Waals surface area contributed by atoms with Crippen LogP contribution in [0.3, 0.4) is 0 Å². The van der Waals surface area contributed by atoms with Gasteiger partial charge in [-0.25, -0.2) is 0 Å². The highest BCUT2D eigenvalue weighted by Crippen LogP contribution is 2.32. The average molecular weight is 425 g/mol. The predicted molar refractivity (Wildman–Crippen MR) is 112 cm³/mol. The number of hydrogen-bond donors (Lipinski definition) is 4. The van der Waals surface area contributed by atoms with Crippen LogP contribution in [0.25, 0.3) is 5.76 Å². The molecule has 8 nitrogen and oxygen atoms in total. The van der Waals surface area contributed by atoms with Crippen molar-refractivity contribution in [3.63, 3.8) is 0 Å². The van der Waals surface area contributed by atoms with Gasteiger partial charge in [-0.15, -0.1) is 3.89 Å². The largest absolute Gasteiger partial charge is 0.505 e. The number of ether oxygens (including phenoxy) is 1. The molecule has 2 rings (SSSR count). The first-order valence-corrected chi connectivity index (χ1v) is 9.09. The number of rotatable bonds is 8. The Hall–Kier alpha value is -4.02. The van der Waals surface area contributed by atoms with Crippen LogP contribution in [0.1, 0.15) is 27.0 Å². The van der Waals surface area contributed by atoms with Gasteiger partial charge >= 0.3 is 0 Å². The molecule has 0 aromatic heterocycles. The van der Waals surface area contributed by atoms with E-state index in [2.05, 4.69) is 10.0 Å². The highest BCUT2D eigenvalue weighted by atomic mass is 32.2. The summed E-state index contributed by atoms with van der Waals surface area (Å²) in [6, 6.07) is 12.6. The van der Waals surface area contributed by atoms with Gasteiger partial charge in [0.05, 0.1) is 18.4 Å². The van der Waals surface area contributed by atoms with Crippen molar-refractivity contribution in [2.75, 3.05) is 11.8 Å². The lowest BCUT2D eigenvalue weighted by Crippen LogP contribution is -2.24. The lowest BCUT2D eigenvalue weighted by atomic mass is 9.98. The molecule has 152 valence electrons. The van der Waals surface area contributed by atoms with Crippen LogP contribution in [0.4, 0.5) is 9.57 Å². The first-order valence-electron chi connectivity index (χ1n) is 8.37. The summed E-state index contributed by atoms with van der Waals surface area (Å²) in [6.07, 6.45) is 0.915. The van der Waals surface area contributed by atoms with E-state index in [0.717, 1.165) is 6.21 Å². The third-order valence-corrected chi connectivity index (χ3v) is 4.41. The van der Waals surface area contributed by atoms with Crippen LogP contribution in [0.5, 0.6) is 5.75 Å². The Kier molecular flexibility index (Phi) is 7.80. The van der Waals surface area contributed by atoms with Crippen molar-refractivity contribution in [2.45, 2.75) is 6.54 Å². The lowest BCUT2D eigenvalue weighted by molar-refractivity contribution is 0.0948. The summed E-state index contributed by atoms with van der Waals surface area (Å²) in [7, 11) is 1.45. The van der Waals surface area contributed by atoms with E-state index in [4.69, 9.17) is 20.7 Å². The third-order valence-electron chi connectivity index (χ3n) is 4.13. The maximum atomic E-state index is 13.0. The summed E-state index contributed by atoms with van der Waals surface area (Å²) in [5, 5.41) is 38.5. The number of aliphatic hydroxyl groups excluding tert-OH is 1. The molecule has 0 spiro atoms. The number of nitrogens with zero attached hydrogens (tertiary/aromatic N) is 2. The standard InChI is InChI=1S/C20H16FN5O3S/c1-29-17-5-3-2-4-14(17)20(28)25-11-12-6-7-15(19(27)13(8-22)9-23)18(26-30-21)16(12)10-24/h2-7,10,24,26-27H,11H2,1H3,(H,25,28). The molecule has 0 aliphatic rings. The minimum Gasteiger partial charge on any atom is -0.505 e. The van der Waals surface area contributed by atoms with Crippen LogP contribution in [0.15, 0.2) is 42.0 Å². The highest BCUT2D eigenvalue weighted by Gasteiger charge is 2.19. The molecule has 0 bridgehead atoms. The Morgan fingerprint density at radius 3 is 2.57 bits per heavy atom. The fourth-order valence-electron chi connectivity index (χ4n) is 2.70. The number of benzene rings is 2. The van der Waals surface area contributed by atoms with Gasteiger partial charge in [-0.3, -0.25) is 4.79 Å². The minimum atomic E-state index is -0.649. The van der Waals surface area contributed by atoms with Gasteiger partial charge in [-0.1, -0.05) is 18.2 Å². The molecule has 0 saturated heterocycles. The van der Waals surface area contributed by atoms with E-state index >= 15 is 0 Å². The van der Waals surface area contributed by atoms with Crippen molar-refractivity contribution in [2.24, 2.45) is 0 Å². The topological polar surface area (TPSA) is 142 Å². The number of methoxy groups -OCH3 is 1. The number of hydrogen-bond acceptors (Lipinski definition) is 8. The van der Waals surface area contributed by atoms with E-state index in [1.165, 1.54) is 19.2 Å². The molecule has 1 amide bonds. The number of allylic oxidation sites excluding steroid dienone is 1. The van der Waals surface area contributed by atoms with Crippen molar-refractivity contribution >= 4 is 35.9 Å². The van der Waals surface area contributed by atoms with Crippen molar-refractivity contribution in [1.82, 2.24) is 5.32 Å². The maximum Gasteiger partial charge on any atom is 0.255 e. The SMILES string of the molecule is COc1ccccc1C(=O)NCc1ccc(C(O)=C(C#N)C#N)c(NSF)c1C=N. The number of para-hydroxylation sites is 1. The van der Waals surface area contributed by atoms with E-state index in [0.29, 0.717) is 16.9 Å². The number of aliphatic hydroxyl groups is 1. The Balaban J connectivity index is 2.43. The first-order chi connectivity index (χ1) is 14.5. The number of amides is 1. The van der Waals surface area contributed by atoms with Crippen molar-refractivity contribution in [3.8, 4) is 17.9 Å². The monoisotopic (exact) mass is 425 g/mol. The van der Waals surface area contributed by atoms with Gasteiger partial charge in [0.1, 0.15) is 17.9 Å². The normalized spacial score (nSPS) is 9.60. The van der Waals surface area contributed by atoms with Gasteiger partial charge in [-0.05, 0) is 23.8 Å². The highest BCUT2D eigenvalue weighted by molar-refractivity contribution is 7.95. The molecule has 2 aromatic rings. The fourth-order valence-corrected chi connectivity index (χ4v) is 2.99. The number of carbonyl (C=O) groups excluding carboxylic acids is 1. The molecule has 0 saturated carbocycles. The molecule has 0 aliphatic heterocycles. The minimum absolute atomic E-state index is 0.0120. The smallest absolute Gasteiger partial charge is 0.255 e. The van der Waals surface area contributed by atoms with Gasteiger partial charge in [0.25, 0.3) is 5.91 Å². The zero-order chi connectivity index (χ0) is 22.1. The molecule has 0 radical (unpaired) electrons. The van der Waals surface area contributed by atoms with Gasteiger partial charge in [0, 0.05) is 23.9 Å². The quantitative estimate of drug-likeness (QED) is 0.217. The van der Waals surface area contributed by atoms with E-state index in [-0.39, 0.29) is 35.7 Å². The summed E-state index contributed by atoms with van der Waals surface area (Å²) in [4.78, 5) is 12.5. The molecular weight excluding hydrogens is 409 g/mol. The second kappa shape index (κ2) is 10.5. The summed E-state index contributed by atoms with van der Waals surface area (Å²) >= 11 is -0.279. The van der Waals surface area contributed by atoms with Gasteiger partial charge in [0.2, 0.25) is 0 Å². The van der Waals surface area contributed by atoms with Crippen LogP contribution in [0, 0.1) is 28.1 Å². The Morgan fingerprint density at radius 2 is 1.97 bits per heavy atom. The van der Waals surface area contributed by atoms with E-state index in [9.17, 15) is 13.8 Å². The zero-order valence-corrected chi connectivity index (χ0v) is 16.5. The fraction of sp³-hybridized carbons (Fsp3) is 0.100. The van der Waals surface area contributed by atoms with Crippen LogP contribution < -0.4 is 14.8 Å². The van der Waals surface area contributed by atoms with Crippen LogP contribution in [0.2, 0.25) is 0 Å². The van der Waals surface area contributed by atoms with Crippen LogP contribution in [-0.2, 0) is 6.54 Å². The number of nitrogens with one attached hydrogen (secondary N) is 3. The maximum absolute atomic E-state index is 13.0. The van der Waals surface area contributed by atoms with Gasteiger partial charge in [-0.2, -0.15) is 10.5 Å². The number of carbonyl (C=O) groups is 1. The number of anilines is 1. The van der Waals surface area contributed by atoms with Crippen molar-refractivity contribution < 1.29 is 18.5 Å². The molecule has 30 heavy (non-hydrogen) atoms. The van der Waals surface area contributed by atoms with Crippen molar-refractivity contribution in [3.05, 3.63) is 64.2 Å². The van der Waals surface area contributed by atoms with E-state index in [1.807, 2.05) is 0 Å². The molecule has 0 fully saturated rings. The molecule has 0 aliphatic carbocycles. The zero-order valence-electron chi connectivity index (χ0n) is 15.7. The Morgan fingerprint density at radius 1 is 1.27 bits per heavy atom. The molecular formula is C20H16FN5O3S. The summed E-state index contributed by atoms with van der Waals surface area (Å²) in [5.41, 5.74) is 0.323. The van der Waals surface area contributed by atoms with Crippen LogP contribution >= 0.6 is 12.3 Å². The van der Waals surface area contributed by atoms with E-state index < -0.39 is 17.2 Å². The Bertz CT molecular complexity index is 1070. The summed E-state index contributed by atoms with van der Waals surface area (Å²) in [6.45, 7) is -0.0126. The molecule has 0 unspecified atom stereocenters. The molecule has 0 atom stereocenters. The first kappa shape index (κ1) is 22.3. The van der Waals surface area contributed by atoms with Crippen molar-refractivity contribution in [1.29, 1.82) is 15.9 Å². The second-order valence-electron chi connectivity index (χ2n) is 5.71.